The number of benzene rings is 3. The van der Waals surface area contributed by atoms with Crippen LogP contribution in [0, 0.1) is 11.6 Å². The lowest BCUT2D eigenvalue weighted by molar-refractivity contribution is -0.138. The Morgan fingerprint density at radius 1 is 0.857 bits per heavy atom. The van der Waals surface area contributed by atoms with Crippen LogP contribution in [0.25, 0.3) is 0 Å². The van der Waals surface area contributed by atoms with Crippen molar-refractivity contribution in [1.29, 1.82) is 0 Å². The number of halogens is 5. The number of nitrogens with zero attached hydrogens (tertiary/aromatic N) is 2. The molecule has 0 fully saturated rings. The molecule has 1 atom stereocenters. The van der Waals surface area contributed by atoms with Crippen LogP contribution in [-0.2, 0) is 22.2 Å². The van der Waals surface area contributed by atoms with E-state index in [9.17, 15) is 31.5 Å². The van der Waals surface area contributed by atoms with Gasteiger partial charge in [-0.25, -0.2) is 8.78 Å². The van der Waals surface area contributed by atoms with Crippen LogP contribution >= 0.6 is 0 Å². The van der Waals surface area contributed by atoms with Crippen molar-refractivity contribution < 1.29 is 31.5 Å². The van der Waals surface area contributed by atoms with E-state index in [0.29, 0.717) is 17.2 Å². The molecule has 0 spiro atoms. The highest BCUT2D eigenvalue weighted by Gasteiger charge is 2.35. The molecule has 0 aliphatic carbocycles. The SMILES string of the molecule is CN(C)C(=O)C(C(=O)N(CCc1ccc(C(F)(F)F)cc1)c1ccc(F)cc1F)c1ccccc1. The summed E-state index contributed by atoms with van der Waals surface area (Å²) < 4.78 is 66.9. The molecule has 0 saturated heterocycles. The average molecular weight is 490 g/mol. The molecular formula is C26H23F5N2O2. The van der Waals surface area contributed by atoms with Gasteiger partial charge < -0.3 is 9.80 Å². The first-order chi connectivity index (χ1) is 16.5. The van der Waals surface area contributed by atoms with Gasteiger partial charge in [0.15, 0.2) is 0 Å². The van der Waals surface area contributed by atoms with Crippen LogP contribution in [-0.4, -0.2) is 37.4 Å². The molecule has 4 nitrogen and oxygen atoms in total. The predicted octanol–water partition coefficient (Wildman–Crippen LogP) is 5.43. The maximum absolute atomic E-state index is 14.7. The zero-order valence-corrected chi connectivity index (χ0v) is 19.0. The Morgan fingerprint density at radius 2 is 1.49 bits per heavy atom. The Morgan fingerprint density at radius 3 is 2.03 bits per heavy atom. The van der Waals surface area contributed by atoms with Gasteiger partial charge in [-0.3, -0.25) is 9.59 Å². The highest BCUT2D eigenvalue weighted by molar-refractivity contribution is 6.12. The summed E-state index contributed by atoms with van der Waals surface area (Å²) in [6, 6.07) is 15.3. The lowest BCUT2D eigenvalue weighted by Crippen LogP contribution is -2.43. The number of alkyl halides is 3. The van der Waals surface area contributed by atoms with Crippen molar-refractivity contribution in [1.82, 2.24) is 4.90 Å². The van der Waals surface area contributed by atoms with Gasteiger partial charge in [0.25, 0.3) is 0 Å². The summed E-state index contributed by atoms with van der Waals surface area (Å²) in [5.41, 5.74) is -0.206. The third kappa shape index (κ3) is 6.23. The van der Waals surface area contributed by atoms with Crippen molar-refractivity contribution >= 4 is 17.5 Å². The van der Waals surface area contributed by atoms with Gasteiger partial charge in [0, 0.05) is 26.7 Å². The van der Waals surface area contributed by atoms with Crippen molar-refractivity contribution in [2.75, 3.05) is 25.5 Å². The fourth-order valence-corrected chi connectivity index (χ4v) is 3.60. The maximum Gasteiger partial charge on any atom is 0.416 e. The van der Waals surface area contributed by atoms with Gasteiger partial charge >= 0.3 is 6.18 Å². The fraction of sp³-hybridized carbons (Fsp3) is 0.231. The molecule has 2 amide bonds. The van der Waals surface area contributed by atoms with Crippen LogP contribution < -0.4 is 4.90 Å². The molecule has 0 heterocycles. The second-order valence-corrected chi connectivity index (χ2v) is 8.11. The van der Waals surface area contributed by atoms with E-state index >= 15 is 0 Å². The topological polar surface area (TPSA) is 40.6 Å². The molecule has 0 N–H and O–H groups in total. The van der Waals surface area contributed by atoms with E-state index in [2.05, 4.69) is 0 Å². The number of rotatable bonds is 7. The van der Waals surface area contributed by atoms with Gasteiger partial charge in [0.05, 0.1) is 11.3 Å². The molecular weight excluding hydrogens is 467 g/mol. The molecule has 35 heavy (non-hydrogen) atoms. The Kier molecular flexibility index (Phi) is 7.89. The third-order valence-corrected chi connectivity index (χ3v) is 5.44. The zero-order valence-electron chi connectivity index (χ0n) is 19.0. The van der Waals surface area contributed by atoms with E-state index in [-0.39, 0.29) is 18.7 Å². The first kappa shape index (κ1) is 25.9. The summed E-state index contributed by atoms with van der Waals surface area (Å²) in [7, 11) is 2.97. The summed E-state index contributed by atoms with van der Waals surface area (Å²) in [6.07, 6.45) is -4.43. The Balaban J connectivity index is 1.98. The second-order valence-electron chi connectivity index (χ2n) is 8.11. The van der Waals surface area contributed by atoms with Gasteiger partial charge in [-0.15, -0.1) is 0 Å². The van der Waals surface area contributed by atoms with E-state index in [1.165, 1.54) is 31.1 Å². The summed E-state index contributed by atoms with van der Waals surface area (Å²) in [4.78, 5) is 29.0. The van der Waals surface area contributed by atoms with Gasteiger partial charge in [0.2, 0.25) is 11.8 Å². The molecule has 3 aromatic carbocycles. The van der Waals surface area contributed by atoms with Gasteiger partial charge in [-0.2, -0.15) is 13.2 Å². The molecule has 0 aliphatic rings. The van der Waals surface area contributed by atoms with E-state index in [4.69, 9.17) is 0 Å². The minimum atomic E-state index is -4.49. The Hall–Kier alpha value is -3.75. The highest BCUT2D eigenvalue weighted by Crippen LogP contribution is 2.30. The van der Waals surface area contributed by atoms with Crippen LogP contribution in [0.1, 0.15) is 22.6 Å². The first-order valence-electron chi connectivity index (χ1n) is 10.7. The largest absolute Gasteiger partial charge is 0.416 e. The first-order valence-corrected chi connectivity index (χ1v) is 10.7. The van der Waals surface area contributed by atoms with Crippen molar-refractivity contribution in [2.24, 2.45) is 0 Å². The lowest BCUT2D eigenvalue weighted by atomic mass is 9.95. The van der Waals surface area contributed by atoms with E-state index < -0.39 is 41.1 Å². The average Bonchev–Trinajstić information content (AvgIpc) is 2.81. The molecule has 0 aliphatic heterocycles. The van der Waals surface area contributed by atoms with Crippen LogP contribution in [0.2, 0.25) is 0 Å². The van der Waals surface area contributed by atoms with Crippen molar-refractivity contribution in [3.8, 4) is 0 Å². The number of anilines is 1. The summed E-state index contributed by atoms with van der Waals surface area (Å²) in [5.74, 6) is -4.43. The molecule has 0 saturated carbocycles. The van der Waals surface area contributed by atoms with Crippen LogP contribution in [0.15, 0.2) is 72.8 Å². The lowest BCUT2D eigenvalue weighted by Gasteiger charge is -2.29. The van der Waals surface area contributed by atoms with Crippen LogP contribution in [0.5, 0.6) is 0 Å². The number of likely N-dealkylation sites (N-methyl/N-ethyl adjacent to an activating group) is 1. The highest BCUT2D eigenvalue weighted by atomic mass is 19.4. The van der Waals surface area contributed by atoms with Crippen LogP contribution in [0.4, 0.5) is 27.6 Å². The molecule has 0 bridgehead atoms. The second kappa shape index (κ2) is 10.7. The van der Waals surface area contributed by atoms with Crippen molar-refractivity contribution in [2.45, 2.75) is 18.5 Å². The minimum absolute atomic E-state index is 0.0678. The van der Waals surface area contributed by atoms with Gasteiger partial charge in [-0.05, 0) is 41.8 Å². The Bertz CT molecular complexity index is 1180. The fourth-order valence-electron chi connectivity index (χ4n) is 3.60. The number of hydrogen-bond donors (Lipinski definition) is 0. The van der Waals surface area contributed by atoms with E-state index in [1.807, 2.05) is 0 Å². The number of carbonyl (C=O) groups is 2. The Labute approximate surface area is 199 Å². The predicted molar refractivity (Wildman–Crippen MR) is 122 cm³/mol. The minimum Gasteiger partial charge on any atom is -0.348 e. The molecule has 9 heteroatoms. The van der Waals surface area contributed by atoms with Crippen molar-refractivity contribution in [3.63, 3.8) is 0 Å². The molecule has 184 valence electrons. The van der Waals surface area contributed by atoms with E-state index in [1.54, 1.807) is 30.3 Å². The monoisotopic (exact) mass is 490 g/mol. The molecule has 0 aromatic heterocycles. The van der Waals surface area contributed by atoms with Gasteiger partial charge in [0.1, 0.15) is 17.6 Å². The molecule has 3 aromatic rings. The van der Waals surface area contributed by atoms with Crippen LogP contribution in [0.3, 0.4) is 0 Å². The summed E-state index contributed by atoms with van der Waals surface area (Å²) in [6.45, 7) is -0.156. The number of carbonyl (C=O) groups excluding carboxylic acids is 2. The maximum atomic E-state index is 14.7. The standard InChI is InChI=1S/C26H23F5N2O2/c1-32(2)24(34)23(18-6-4-3-5-7-18)25(35)33(22-13-12-20(27)16-21(22)28)15-14-17-8-10-19(11-9-17)26(29,30)31/h3-13,16,23H,14-15H2,1-2H3. The van der Waals surface area contributed by atoms with E-state index in [0.717, 1.165) is 29.2 Å². The number of amides is 2. The molecule has 0 radical (unpaired) electrons. The number of hydrogen-bond acceptors (Lipinski definition) is 2. The quantitative estimate of drug-likeness (QED) is 0.327. The third-order valence-electron chi connectivity index (χ3n) is 5.44. The zero-order chi connectivity index (χ0) is 25.8. The molecule has 1 unspecified atom stereocenters. The smallest absolute Gasteiger partial charge is 0.348 e. The molecule has 3 rings (SSSR count). The van der Waals surface area contributed by atoms with Gasteiger partial charge in [-0.1, -0.05) is 42.5 Å². The normalized spacial score (nSPS) is 12.2. The van der Waals surface area contributed by atoms with Crippen molar-refractivity contribution in [3.05, 3.63) is 101 Å². The summed E-state index contributed by atoms with van der Waals surface area (Å²) in [5, 5.41) is 0. The summed E-state index contributed by atoms with van der Waals surface area (Å²) >= 11 is 0.